The molecular formula is C14H17ClN2OS. The van der Waals surface area contributed by atoms with Crippen molar-refractivity contribution in [3.63, 3.8) is 0 Å². The smallest absolute Gasteiger partial charge is 0.260 e. The zero-order valence-corrected chi connectivity index (χ0v) is 12.8. The van der Waals surface area contributed by atoms with Crippen LogP contribution in [0, 0.1) is 6.92 Å². The lowest BCUT2D eigenvalue weighted by Crippen LogP contribution is -2.17. The van der Waals surface area contributed by atoms with Crippen molar-refractivity contribution in [1.82, 2.24) is 10.3 Å². The zero-order chi connectivity index (χ0) is 13.8. The summed E-state index contributed by atoms with van der Waals surface area (Å²) in [6.07, 6.45) is 1.64. The Hall–Kier alpha value is -0.970. The van der Waals surface area contributed by atoms with Crippen LogP contribution in [0.15, 0.2) is 39.0 Å². The van der Waals surface area contributed by atoms with Crippen LogP contribution in [0.3, 0.4) is 0 Å². The summed E-state index contributed by atoms with van der Waals surface area (Å²) in [7, 11) is 0. The van der Waals surface area contributed by atoms with E-state index in [4.69, 9.17) is 16.0 Å². The molecule has 1 atom stereocenters. The highest BCUT2D eigenvalue weighted by molar-refractivity contribution is 7.99. The molecule has 1 aromatic carbocycles. The second-order valence-corrected chi connectivity index (χ2v) is 5.73. The molecule has 0 aliphatic rings. The Morgan fingerprint density at radius 2 is 2.26 bits per heavy atom. The molecule has 1 unspecified atom stereocenters. The summed E-state index contributed by atoms with van der Waals surface area (Å²) in [4.78, 5) is 5.21. The third-order valence-electron chi connectivity index (χ3n) is 2.76. The van der Waals surface area contributed by atoms with Crippen LogP contribution in [0.1, 0.15) is 31.1 Å². The zero-order valence-electron chi connectivity index (χ0n) is 11.2. The number of hydrogen-bond acceptors (Lipinski definition) is 4. The Balaban J connectivity index is 2.15. The van der Waals surface area contributed by atoms with Crippen LogP contribution in [-0.4, -0.2) is 11.5 Å². The first-order valence-electron chi connectivity index (χ1n) is 6.23. The Kier molecular flexibility index (Phi) is 4.91. The van der Waals surface area contributed by atoms with Crippen molar-refractivity contribution in [3.05, 3.63) is 40.7 Å². The summed E-state index contributed by atoms with van der Waals surface area (Å²) < 4.78 is 5.32. The molecule has 5 heteroatoms. The second-order valence-electron chi connectivity index (χ2n) is 4.33. The molecule has 2 rings (SSSR count). The van der Waals surface area contributed by atoms with Gasteiger partial charge in [-0.25, -0.2) is 4.98 Å². The van der Waals surface area contributed by atoms with E-state index < -0.39 is 0 Å². The van der Waals surface area contributed by atoms with Crippen LogP contribution in [0.4, 0.5) is 0 Å². The monoisotopic (exact) mass is 296 g/mol. The van der Waals surface area contributed by atoms with Crippen molar-refractivity contribution in [3.8, 4) is 0 Å². The van der Waals surface area contributed by atoms with Crippen LogP contribution in [0.5, 0.6) is 0 Å². The number of nitrogens with zero attached hydrogens (tertiary/aromatic N) is 1. The van der Waals surface area contributed by atoms with E-state index in [1.807, 2.05) is 19.1 Å². The van der Waals surface area contributed by atoms with Gasteiger partial charge >= 0.3 is 0 Å². The molecule has 0 bridgehead atoms. The van der Waals surface area contributed by atoms with Crippen LogP contribution in [0.2, 0.25) is 5.02 Å². The first kappa shape index (κ1) is 14.4. The number of nitrogens with one attached hydrogen (secondary N) is 1. The van der Waals surface area contributed by atoms with Crippen molar-refractivity contribution in [2.45, 2.75) is 36.9 Å². The molecule has 1 heterocycles. The maximum atomic E-state index is 6.31. The number of hydrogen-bond donors (Lipinski definition) is 1. The fourth-order valence-electron chi connectivity index (χ4n) is 1.77. The van der Waals surface area contributed by atoms with Gasteiger partial charge in [-0.3, -0.25) is 0 Å². The number of halogens is 1. The quantitative estimate of drug-likeness (QED) is 0.884. The minimum Gasteiger partial charge on any atom is -0.439 e. The highest BCUT2D eigenvalue weighted by atomic mass is 35.5. The number of aryl methyl sites for hydroxylation is 1. The summed E-state index contributed by atoms with van der Waals surface area (Å²) in [6.45, 7) is 7.05. The number of aromatic nitrogens is 1. The van der Waals surface area contributed by atoms with Gasteiger partial charge in [0.2, 0.25) is 0 Å². The Bertz CT molecular complexity index is 556. The summed E-state index contributed by atoms with van der Waals surface area (Å²) in [5.74, 6) is 0. The normalized spacial score (nSPS) is 12.6. The standard InChI is InChI=1S/C14H17ClN2OS/c1-4-16-10(3)11-5-6-13(12(15)7-11)19-14-17-9(2)8-18-14/h5-8,10,16H,4H2,1-3H3. The van der Waals surface area contributed by atoms with E-state index in [-0.39, 0.29) is 0 Å². The van der Waals surface area contributed by atoms with Gasteiger partial charge in [-0.05, 0) is 49.9 Å². The highest BCUT2D eigenvalue weighted by Crippen LogP contribution is 2.34. The molecule has 3 nitrogen and oxygen atoms in total. The van der Waals surface area contributed by atoms with Gasteiger partial charge < -0.3 is 9.73 Å². The lowest BCUT2D eigenvalue weighted by Gasteiger charge is -2.13. The molecule has 0 radical (unpaired) electrons. The molecule has 0 fully saturated rings. The van der Waals surface area contributed by atoms with E-state index in [1.54, 1.807) is 6.26 Å². The molecule has 0 amide bonds. The maximum absolute atomic E-state index is 6.31. The molecule has 0 aliphatic carbocycles. The fourth-order valence-corrected chi connectivity index (χ4v) is 2.84. The molecule has 0 saturated heterocycles. The van der Waals surface area contributed by atoms with E-state index in [9.17, 15) is 0 Å². The first-order valence-corrected chi connectivity index (χ1v) is 7.42. The van der Waals surface area contributed by atoms with Gasteiger partial charge in [0.1, 0.15) is 6.26 Å². The maximum Gasteiger partial charge on any atom is 0.260 e. The summed E-state index contributed by atoms with van der Waals surface area (Å²) in [5.41, 5.74) is 2.05. The topological polar surface area (TPSA) is 38.1 Å². The Morgan fingerprint density at radius 3 is 2.84 bits per heavy atom. The Labute approximate surface area is 122 Å². The van der Waals surface area contributed by atoms with Gasteiger partial charge in [0.25, 0.3) is 5.22 Å². The van der Waals surface area contributed by atoms with Gasteiger partial charge in [-0.15, -0.1) is 0 Å². The predicted molar refractivity (Wildman–Crippen MR) is 78.9 cm³/mol. The van der Waals surface area contributed by atoms with Crippen molar-refractivity contribution in [1.29, 1.82) is 0 Å². The van der Waals surface area contributed by atoms with Crippen molar-refractivity contribution in [2.75, 3.05) is 6.54 Å². The van der Waals surface area contributed by atoms with E-state index in [0.717, 1.165) is 22.2 Å². The molecule has 102 valence electrons. The molecule has 1 aromatic heterocycles. The summed E-state index contributed by atoms with van der Waals surface area (Å²) in [5, 5.41) is 4.71. The average Bonchev–Trinajstić information content (AvgIpc) is 2.78. The van der Waals surface area contributed by atoms with Crippen molar-refractivity contribution in [2.24, 2.45) is 0 Å². The highest BCUT2D eigenvalue weighted by Gasteiger charge is 2.10. The van der Waals surface area contributed by atoms with Gasteiger partial charge in [-0.1, -0.05) is 24.6 Å². The number of benzene rings is 1. The van der Waals surface area contributed by atoms with Gasteiger partial charge in [0, 0.05) is 10.9 Å². The van der Waals surface area contributed by atoms with Crippen molar-refractivity contribution >= 4 is 23.4 Å². The second kappa shape index (κ2) is 6.46. The SMILES string of the molecule is CCNC(C)c1ccc(Sc2nc(C)co2)c(Cl)c1. The molecule has 19 heavy (non-hydrogen) atoms. The molecule has 0 saturated carbocycles. The average molecular weight is 297 g/mol. The van der Waals surface area contributed by atoms with Crippen LogP contribution in [-0.2, 0) is 0 Å². The molecule has 2 aromatic rings. The van der Waals surface area contributed by atoms with E-state index in [1.165, 1.54) is 17.3 Å². The van der Waals surface area contributed by atoms with Crippen LogP contribution in [0.25, 0.3) is 0 Å². The molecular weight excluding hydrogens is 280 g/mol. The largest absolute Gasteiger partial charge is 0.439 e. The fraction of sp³-hybridized carbons (Fsp3) is 0.357. The van der Waals surface area contributed by atoms with Gasteiger partial charge in [-0.2, -0.15) is 0 Å². The lowest BCUT2D eigenvalue weighted by atomic mass is 10.1. The van der Waals surface area contributed by atoms with E-state index in [0.29, 0.717) is 11.3 Å². The lowest BCUT2D eigenvalue weighted by molar-refractivity contribution is 0.454. The van der Waals surface area contributed by atoms with Crippen LogP contribution >= 0.6 is 23.4 Å². The molecule has 0 aliphatic heterocycles. The Morgan fingerprint density at radius 1 is 1.47 bits per heavy atom. The molecule has 0 spiro atoms. The number of oxazole rings is 1. The molecule has 1 N–H and O–H groups in total. The summed E-state index contributed by atoms with van der Waals surface area (Å²) >= 11 is 7.75. The van der Waals surface area contributed by atoms with E-state index in [2.05, 4.69) is 30.2 Å². The van der Waals surface area contributed by atoms with Gasteiger partial charge in [0.05, 0.1) is 10.7 Å². The number of rotatable bonds is 5. The minimum atomic E-state index is 0.297. The van der Waals surface area contributed by atoms with Crippen LogP contribution < -0.4 is 5.32 Å². The third kappa shape index (κ3) is 3.75. The first-order chi connectivity index (χ1) is 9.10. The van der Waals surface area contributed by atoms with E-state index >= 15 is 0 Å². The summed E-state index contributed by atoms with van der Waals surface area (Å²) in [6, 6.07) is 6.38. The minimum absolute atomic E-state index is 0.297. The van der Waals surface area contributed by atoms with Crippen molar-refractivity contribution < 1.29 is 4.42 Å². The third-order valence-corrected chi connectivity index (χ3v) is 4.12. The predicted octanol–water partition coefficient (Wildman–Crippen LogP) is 4.46. The van der Waals surface area contributed by atoms with Gasteiger partial charge in [0.15, 0.2) is 0 Å².